The molecule has 0 aliphatic carbocycles. The molecule has 0 aromatic carbocycles. The third-order valence-electron chi connectivity index (χ3n) is 2.80. The minimum Gasteiger partial charge on any atom is -0.317 e. The lowest BCUT2D eigenvalue weighted by molar-refractivity contribution is -0.134. The maximum atomic E-state index is 11.9. The number of rotatable bonds is 5. The largest absolute Gasteiger partial charge is 0.389 e. The minimum absolute atomic E-state index is 0.157. The van der Waals surface area contributed by atoms with Gasteiger partial charge in [0.05, 0.1) is 5.75 Å². The Morgan fingerprint density at radius 2 is 1.94 bits per heavy atom. The molecule has 1 rings (SSSR count). The van der Waals surface area contributed by atoms with Gasteiger partial charge in [-0.3, -0.25) is 0 Å². The Morgan fingerprint density at radius 3 is 2.61 bits per heavy atom. The van der Waals surface area contributed by atoms with Crippen molar-refractivity contribution in [3.63, 3.8) is 0 Å². The second kappa shape index (κ2) is 6.72. The van der Waals surface area contributed by atoms with Gasteiger partial charge >= 0.3 is 6.18 Å². The van der Waals surface area contributed by atoms with Crippen LogP contribution >= 0.6 is 0 Å². The van der Waals surface area contributed by atoms with Gasteiger partial charge in [0.1, 0.15) is 0 Å². The fraction of sp³-hybridized carbons (Fsp3) is 1.00. The lowest BCUT2D eigenvalue weighted by Gasteiger charge is -2.16. The molecule has 1 heterocycles. The highest BCUT2D eigenvalue weighted by molar-refractivity contribution is 7.89. The Hall–Kier alpha value is -0.340. The van der Waals surface area contributed by atoms with Crippen molar-refractivity contribution >= 4 is 10.0 Å². The maximum absolute atomic E-state index is 11.9. The van der Waals surface area contributed by atoms with Crippen molar-refractivity contribution in [1.82, 2.24) is 10.0 Å². The Bertz CT molecular complexity index is 336. The van der Waals surface area contributed by atoms with Gasteiger partial charge in [0.25, 0.3) is 0 Å². The maximum Gasteiger partial charge on any atom is 0.389 e. The predicted molar refractivity (Wildman–Crippen MR) is 62.7 cm³/mol. The zero-order valence-corrected chi connectivity index (χ0v) is 10.9. The topological polar surface area (TPSA) is 58.2 Å². The zero-order chi connectivity index (χ0) is 13.6. The molecule has 108 valence electrons. The molecule has 8 heteroatoms. The van der Waals surface area contributed by atoms with Crippen molar-refractivity contribution < 1.29 is 21.6 Å². The Labute approximate surface area is 105 Å². The van der Waals surface area contributed by atoms with Crippen molar-refractivity contribution in [3.05, 3.63) is 0 Å². The molecule has 0 amide bonds. The average molecular weight is 288 g/mol. The van der Waals surface area contributed by atoms with Crippen LogP contribution in [0, 0.1) is 0 Å². The summed E-state index contributed by atoms with van der Waals surface area (Å²) in [7, 11) is -3.60. The SMILES string of the molecule is O=S(=O)(CCCC(F)(F)F)NC1CCCNCC1. The summed E-state index contributed by atoms with van der Waals surface area (Å²) in [6.45, 7) is 1.59. The van der Waals surface area contributed by atoms with Crippen LogP contribution in [0.4, 0.5) is 13.2 Å². The number of halogens is 3. The van der Waals surface area contributed by atoms with Crippen LogP contribution in [0.5, 0.6) is 0 Å². The summed E-state index contributed by atoms with van der Waals surface area (Å²) in [6.07, 6.45) is -3.45. The summed E-state index contributed by atoms with van der Waals surface area (Å²) in [5, 5.41) is 3.14. The van der Waals surface area contributed by atoms with Crippen LogP contribution < -0.4 is 10.0 Å². The van der Waals surface area contributed by atoms with Crippen LogP contribution in [0.2, 0.25) is 0 Å². The van der Waals surface area contributed by atoms with Crippen molar-refractivity contribution in [2.24, 2.45) is 0 Å². The van der Waals surface area contributed by atoms with Crippen LogP contribution in [0.15, 0.2) is 0 Å². The first kappa shape index (κ1) is 15.7. The van der Waals surface area contributed by atoms with Crippen molar-refractivity contribution in [1.29, 1.82) is 0 Å². The van der Waals surface area contributed by atoms with Gasteiger partial charge in [-0.05, 0) is 38.8 Å². The Kier molecular flexibility index (Phi) is 5.87. The molecule has 18 heavy (non-hydrogen) atoms. The molecule has 1 atom stereocenters. The van der Waals surface area contributed by atoms with E-state index in [9.17, 15) is 21.6 Å². The van der Waals surface area contributed by atoms with Gasteiger partial charge in [0.2, 0.25) is 10.0 Å². The Morgan fingerprint density at radius 1 is 1.22 bits per heavy atom. The highest BCUT2D eigenvalue weighted by atomic mass is 32.2. The van der Waals surface area contributed by atoms with Crippen molar-refractivity contribution in [2.45, 2.75) is 44.3 Å². The monoisotopic (exact) mass is 288 g/mol. The molecule has 0 aromatic rings. The van der Waals surface area contributed by atoms with Gasteiger partial charge in [-0.25, -0.2) is 13.1 Å². The predicted octanol–water partition coefficient (Wildman–Crippen LogP) is 1.39. The second-order valence-corrected chi connectivity index (χ2v) is 6.41. The molecule has 4 nitrogen and oxygen atoms in total. The van der Waals surface area contributed by atoms with E-state index in [2.05, 4.69) is 10.0 Å². The minimum atomic E-state index is -4.29. The first-order valence-electron chi connectivity index (χ1n) is 6.06. The summed E-state index contributed by atoms with van der Waals surface area (Å²) in [5.41, 5.74) is 0. The molecule has 1 unspecified atom stereocenters. The molecule has 0 bridgehead atoms. The quantitative estimate of drug-likeness (QED) is 0.804. The van der Waals surface area contributed by atoms with Gasteiger partial charge in [0, 0.05) is 12.5 Å². The molecular formula is C10H19F3N2O2S. The van der Waals surface area contributed by atoms with E-state index in [1.807, 2.05) is 0 Å². The first-order chi connectivity index (χ1) is 8.29. The molecular weight excluding hydrogens is 269 g/mol. The van der Waals surface area contributed by atoms with E-state index < -0.39 is 28.4 Å². The lowest BCUT2D eigenvalue weighted by Crippen LogP contribution is -2.37. The summed E-state index contributed by atoms with van der Waals surface area (Å²) in [5.74, 6) is -0.462. The number of hydrogen-bond acceptors (Lipinski definition) is 3. The lowest BCUT2D eigenvalue weighted by atomic mass is 10.1. The third kappa shape index (κ3) is 7.17. The van der Waals surface area contributed by atoms with E-state index in [-0.39, 0.29) is 12.5 Å². The summed E-state index contributed by atoms with van der Waals surface area (Å²) in [4.78, 5) is 0. The van der Waals surface area contributed by atoms with Gasteiger partial charge in [-0.1, -0.05) is 0 Å². The van der Waals surface area contributed by atoms with Crippen LogP contribution in [0.25, 0.3) is 0 Å². The molecule has 0 radical (unpaired) electrons. The number of alkyl halides is 3. The van der Waals surface area contributed by atoms with Gasteiger partial charge in [0.15, 0.2) is 0 Å². The van der Waals surface area contributed by atoms with E-state index in [1.165, 1.54) is 0 Å². The summed E-state index contributed by atoms with van der Waals surface area (Å²) >= 11 is 0. The van der Waals surface area contributed by atoms with Gasteiger partial charge < -0.3 is 5.32 Å². The second-order valence-electron chi connectivity index (χ2n) is 4.53. The standard InChI is InChI=1S/C10H19F3N2O2S/c11-10(12,13)5-2-8-18(16,17)15-9-3-1-6-14-7-4-9/h9,14-15H,1-8H2. The van der Waals surface area contributed by atoms with E-state index in [0.29, 0.717) is 6.42 Å². The molecule has 2 N–H and O–H groups in total. The Balaban J connectivity index is 2.34. The molecule has 0 saturated carbocycles. The van der Waals surface area contributed by atoms with E-state index in [0.717, 1.165) is 25.9 Å². The zero-order valence-electron chi connectivity index (χ0n) is 10.1. The summed E-state index contributed by atoms with van der Waals surface area (Å²) in [6, 6.07) is -0.157. The van der Waals surface area contributed by atoms with E-state index >= 15 is 0 Å². The molecule has 0 aromatic heterocycles. The molecule has 1 aliphatic rings. The molecule has 1 aliphatic heterocycles. The molecule has 1 saturated heterocycles. The summed E-state index contributed by atoms with van der Waals surface area (Å²) < 4.78 is 61.4. The van der Waals surface area contributed by atoms with Crippen LogP contribution in [0.3, 0.4) is 0 Å². The fourth-order valence-corrected chi connectivity index (χ4v) is 3.30. The first-order valence-corrected chi connectivity index (χ1v) is 7.71. The van der Waals surface area contributed by atoms with Gasteiger partial charge in [-0.2, -0.15) is 13.2 Å². The highest BCUT2D eigenvalue weighted by Gasteiger charge is 2.28. The van der Waals surface area contributed by atoms with Crippen molar-refractivity contribution in [3.8, 4) is 0 Å². The van der Waals surface area contributed by atoms with Crippen LogP contribution in [-0.4, -0.2) is 39.5 Å². The van der Waals surface area contributed by atoms with Crippen LogP contribution in [0.1, 0.15) is 32.1 Å². The molecule has 1 fully saturated rings. The number of hydrogen-bond donors (Lipinski definition) is 2. The third-order valence-corrected chi connectivity index (χ3v) is 4.31. The fourth-order valence-electron chi connectivity index (χ4n) is 1.91. The average Bonchev–Trinajstić information content (AvgIpc) is 2.43. The highest BCUT2D eigenvalue weighted by Crippen LogP contribution is 2.21. The molecule has 0 spiro atoms. The van der Waals surface area contributed by atoms with Crippen molar-refractivity contribution in [2.75, 3.05) is 18.8 Å². The normalized spacial score (nSPS) is 22.7. The van der Waals surface area contributed by atoms with E-state index in [4.69, 9.17) is 0 Å². The number of nitrogens with one attached hydrogen (secondary N) is 2. The number of sulfonamides is 1. The van der Waals surface area contributed by atoms with E-state index in [1.54, 1.807) is 0 Å². The van der Waals surface area contributed by atoms with Crippen LogP contribution in [-0.2, 0) is 10.0 Å². The van der Waals surface area contributed by atoms with Gasteiger partial charge in [-0.15, -0.1) is 0 Å². The smallest absolute Gasteiger partial charge is 0.317 e.